The molecule has 0 fully saturated rings. The molecule has 51 heavy (non-hydrogen) atoms. The summed E-state index contributed by atoms with van der Waals surface area (Å²) < 4.78 is 8.27. The summed E-state index contributed by atoms with van der Waals surface area (Å²) in [4.78, 5) is 4.65. The Labute approximate surface area is 318 Å². The van der Waals surface area contributed by atoms with Crippen molar-refractivity contribution in [1.29, 1.82) is 0 Å². The molecule has 6 aromatic rings. The van der Waals surface area contributed by atoms with E-state index in [-0.39, 0.29) is 31.9 Å². The number of nitrogens with zero attached hydrogens (tertiary/aromatic N) is 4. The molecule has 0 atom stereocenters. The molecule has 2 heterocycles. The van der Waals surface area contributed by atoms with Crippen molar-refractivity contribution >= 4 is 22.7 Å². The Morgan fingerprint density at radius 3 is 1.90 bits per heavy atom. The first-order chi connectivity index (χ1) is 23.8. The third-order valence-corrected chi connectivity index (χ3v) is 9.29. The summed E-state index contributed by atoms with van der Waals surface area (Å²) in [6.45, 7) is 22.6. The zero-order valence-corrected chi connectivity index (χ0v) is 33.2. The van der Waals surface area contributed by atoms with Crippen LogP contribution >= 0.6 is 0 Å². The summed E-state index contributed by atoms with van der Waals surface area (Å²) in [6, 6.07) is 38.5. The Balaban J connectivity index is 0.00000448. The number of hydrogen-bond donors (Lipinski definition) is 0. The van der Waals surface area contributed by atoms with Crippen LogP contribution in [0.25, 0.3) is 16.8 Å². The summed E-state index contributed by atoms with van der Waals surface area (Å²) >= 11 is 0. The molecule has 6 heteroatoms. The van der Waals surface area contributed by atoms with E-state index >= 15 is 0 Å². The van der Waals surface area contributed by atoms with Gasteiger partial charge in [-0.1, -0.05) is 95.6 Å². The average Bonchev–Trinajstić information content (AvgIpc) is 3.70. The Morgan fingerprint density at radius 2 is 1.27 bits per heavy atom. The number of benzene rings is 5. The summed E-state index contributed by atoms with van der Waals surface area (Å²) in [7, 11) is 0. The number of aromatic nitrogens is 2. The van der Waals surface area contributed by atoms with E-state index in [9.17, 15) is 0 Å². The molecule has 0 radical (unpaired) electrons. The Bertz CT molecular complexity index is 2170. The predicted molar refractivity (Wildman–Crippen MR) is 206 cm³/mol. The number of rotatable bonds is 6. The molecule has 0 N–H and O–H groups in total. The standard InChI is InChI=1S/C45H45N4O.Pt/c1-30-21-31(2)42(32(3)22-30)48-29-47(43-40(45(7,8)9)23-35(24-41(43)48)44(4,5)6)36-17-13-19-38(25-36)50-39-20-14-18-37(26-39)49-28-34(27-46-49)33-15-11-10-12-16-33;/h10-24,27-29H,1-9H3;/q-3;. The third kappa shape index (κ3) is 7.28. The van der Waals surface area contributed by atoms with Gasteiger partial charge in [0.15, 0.2) is 0 Å². The summed E-state index contributed by atoms with van der Waals surface area (Å²) in [5.41, 5.74) is 13.6. The van der Waals surface area contributed by atoms with E-state index in [0.717, 1.165) is 22.5 Å². The van der Waals surface area contributed by atoms with Crippen LogP contribution in [0.5, 0.6) is 11.5 Å². The smallest absolute Gasteiger partial charge is 0.0571 e. The molecule has 0 spiro atoms. The predicted octanol–water partition coefficient (Wildman–Crippen LogP) is 11.9. The maximum Gasteiger partial charge on any atom is 0.0571 e. The van der Waals surface area contributed by atoms with Crippen LogP contribution in [0, 0.1) is 39.6 Å². The van der Waals surface area contributed by atoms with Gasteiger partial charge in [-0.2, -0.15) is 17.2 Å². The molecular formula is C45H45N4OPt-3. The van der Waals surface area contributed by atoms with Crippen LogP contribution in [0.3, 0.4) is 0 Å². The van der Waals surface area contributed by atoms with E-state index in [1.807, 2.05) is 65.6 Å². The monoisotopic (exact) mass is 852 g/mol. The summed E-state index contributed by atoms with van der Waals surface area (Å²) in [6.07, 6.45) is 3.89. The molecule has 0 saturated carbocycles. The van der Waals surface area contributed by atoms with Gasteiger partial charge in [0, 0.05) is 61.4 Å². The van der Waals surface area contributed by atoms with Crippen molar-refractivity contribution < 1.29 is 25.8 Å². The second-order valence-corrected chi connectivity index (χ2v) is 15.4. The van der Waals surface area contributed by atoms with Crippen LogP contribution in [0.1, 0.15) is 69.4 Å². The zero-order valence-electron chi connectivity index (χ0n) is 30.9. The van der Waals surface area contributed by atoms with Crippen LogP contribution in [0.4, 0.5) is 22.7 Å². The van der Waals surface area contributed by atoms with Crippen molar-refractivity contribution in [2.45, 2.75) is 73.1 Å². The molecule has 264 valence electrons. The van der Waals surface area contributed by atoms with Gasteiger partial charge in [-0.3, -0.25) is 4.68 Å². The molecule has 7 rings (SSSR count). The molecule has 5 nitrogen and oxygen atoms in total. The largest absolute Gasteiger partial charge is 0.509 e. The van der Waals surface area contributed by atoms with Crippen LogP contribution in [-0.2, 0) is 31.9 Å². The molecule has 1 aliphatic rings. The number of ether oxygens (including phenoxy) is 1. The van der Waals surface area contributed by atoms with Crippen molar-refractivity contribution in [2.24, 2.45) is 0 Å². The topological polar surface area (TPSA) is 33.5 Å². The molecule has 0 amide bonds. The fraction of sp³-hybridized carbons (Fsp3) is 0.244. The van der Waals surface area contributed by atoms with E-state index in [2.05, 4.69) is 138 Å². The molecule has 0 bridgehead atoms. The minimum atomic E-state index is -0.110. The average molecular weight is 853 g/mol. The van der Waals surface area contributed by atoms with Gasteiger partial charge >= 0.3 is 0 Å². The molecule has 0 saturated heterocycles. The number of anilines is 4. The van der Waals surface area contributed by atoms with Gasteiger partial charge in [0.25, 0.3) is 0 Å². The van der Waals surface area contributed by atoms with E-state index in [4.69, 9.17) is 4.74 Å². The first-order valence-electron chi connectivity index (χ1n) is 17.3. The Morgan fingerprint density at radius 1 is 0.647 bits per heavy atom. The molecule has 0 aliphatic carbocycles. The summed E-state index contributed by atoms with van der Waals surface area (Å²) in [5.74, 6) is 1.21. The van der Waals surface area contributed by atoms with E-state index in [1.165, 1.54) is 44.9 Å². The number of fused-ring (bicyclic) bond motifs is 1. The SMILES string of the molecule is Cc1cc(C)c(N2[CH-]N(c3[c-]c(Oc4[c-]c(-n5cc(-c6ccccc6)cn5)ccc4)ccc3)c3c2cc(C(C)(C)C)cc3C(C)(C)C)c(C)c1.[Pt]. The van der Waals surface area contributed by atoms with Gasteiger partial charge in [-0.25, -0.2) is 0 Å². The minimum absolute atomic E-state index is 0. The third-order valence-electron chi connectivity index (χ3n) is 9.29. The van der Waals surface area contributed by atoms with Gasteiger partial charge in [0.2, 0.25) is 0 Å². The van der Waals surface area contributed by atoms with E-state index in [0.29, 0.717) is 11.5 Å². The molecule has 1 aliphatic heterocycles. The first-order valence-corrected chi connectivity index (χ1v) is 17.3. The van der Waals surface area contributed by atoms with Crippen molar-refractivity contribution in [1.82, 2.24) is 9.78 Å². The fourth-order valence-corrected chi connectivity index (χ4v) is 6.83. The fourth-order valence-electron chi connectivity index (χ4n) is 6.83. The quantitative estimate of drug-likeness (QED) is 0.156. The van der Waals surface area contributed by atoms with Gasteiger partial charge in [-0.15, -0.1) is 48.8 Å². The van der Waals surface area contributed by atoms with Crippen molar-refractivity contribution in [2.75, 3.05) is 9.80 Å². The van der Waals surface area contributed by atoms with Crippen LogP contribution in [0.15, 0.2) is 103 Å². The first kappa shape index (κ1) is 36.2. The van der Waals surface area contributed by atoms with Crippen LogP contribution in [-0.4, -0.2) is 9.78 Å². The van der Waals surface area contributed by atoms with Crippen LogP contribution in [0.2, 0.25) is 0 Å². The minimum Gasteiger partial charge on any atom is -0.509 e. The Hall–Kier alpha value is -4.60. The van der Waals surface area contributed by atoms with E-state index < -0.39 is 0 Å². The van der Waals surface area contributed by atoms with Gasteiger partial charge in [0.1, 0.15) is 0 Å². The molecule has 5 aromatic carbocycles. The Kier molecular flexibility index (Phi) is 9.83. The van der Waals surface area contributed by atoms with Gasteiger partial charge in [0.05, 0.1) is 6.20 Å². The second-order valence-electron chi connectivity index (χ2n) is 15.4. The normalized spacial score (nSPS) is 12.9. The number of aryl methyl sites for hydroxylation is 3. The van der Waals surface area contributed by atoms with Crippen molar-refractivity contribution in [3.8, 4) is 28.3 Å². The van der Waals surface area contributed by atoms with E-state index in [1.54, 1.807) is 0 Å². The second kappa shape index (κ2) is 13.8. The molecule has 0 unspecified atom stereocenters. The van der Waals surface area contributed by atoms with Crippen molar-refractivity contribution in [3.63, 3.8) is 0 Å². The van der Waals surface area contributed by atoms with Gasteiger partial charge in [-0.05, 0) is 71.2 Å². The summed E-state index contributed by atoms with van der Waals surface area (Å²) in [5, 5.41) is 4.60. The van der Waals surface area contributed by atoms with Crippen molar-refractivity contribution in [3.05, 3.63) is 150 Å². The maximum absolute atomic E-state index is 6.44. The maximum atomic E-state index is 6.44. The molecule has 1 aromatic heterocycles. The van der Waals surface area contributed by atoms with Gasteiger partial charge < -0.3 is 14.5 Å². The molecular weight excluding hydrogens is 808 g/mol. The van der Waals surface area contributed by atoms with Crippen LogP contribution < -0.4 is 14.5 Å². The number of hydrogen-bond acceptors (Lipinski definition) is 4. The zero-order chi connectivity index (χ0) is 35.4.